The Kier molecular flexibility index (Phi) is 6.03. The van der Waals surface area contributed by atoms with Crippen LogP contribution in [0.5, 0.6) is 0 Å². The van der Waals surface area contributed by atoms with Crippen molar-refractivity contribution in [1.29, 1.82) is 0 Å². The third-order valence-corrected chi connectivity index (χ3v) is 5.66. The Morgan fingerprint density at radius 2 is 2.05 bits per heavy atom. The highest BCUT2D eigenvalue weighted by molar-refractivity contribution is 7.09. The molecular weight excluding hydrogens is 264 g/mol. The number of hydrogen-bond donors (Lipinski definition) is 1. The lowest BCUT2D eigenvalue weighted by molar-refractivity contribution is 0.143. The van der Waals surface area contributed by atoms with Crippen molar-refractivity contribution in [1.82, 2.24) is 10.3 Å². The maximum absolute atomic E-state index is 4.24. The van der Waals surface area contributed by atoms with Crippen LogP contribution < -0.4 is 5.32 Å². The predicted octanol–water partition coefficient (Wildman–Crippen LogP) is 4.37. The van der Waals surface area contributed by atoms with Gasteiger partial charge >= 0.3 is 0 Å². The molecule has 3 unspecified atom stereocenters. The van der Waals surface area contributed by atoms with Gasteiger partial charge in [0.1, 0.15) is 0 Å². The first-order chi connectivity index (χ1) is 9.56. The second-order valence-electron chi connectivity index (χ2n) is 7.07. The van der Waals surface area contributed by atoms with Crippen molar-refractivity contribution in [2.45, 2.75) is 59.4 Å². The number of nitrogens with zero attached hydrogens (tertiary/aromatic N) is 1. The van der Waals surface area contributed by atoms with Crippen molar-refractivity contribution in [2.24, 2.45) is 23.7 Å². The SMILES string of the molecule is CC(C)NCC1CCC(C(C)C)CC1Cc1cncs1. The van der Waals surface area contributed by atoms with Gasteiger partial charge in [-0.2, -0.15) is 0 Å². The van der Waals surface area contributed by atoms with Crippen LogP contribution in [0.25, 0.3) is 0 Å². The lowest BCUT2D eigenvalue weighted by Crippen LogP contribution is -2.37. The summed E-state index contributed by atoms with van der Waals surface area (Å²) < 4.78 is 0. The molecule has 1 aromatic rings. The fourth-order valence-electron chi connectivity index (χ4n) is 3.48. The van der Waals surface area contributed by atoms with Crippen LogP contribution in [0.3, 0.4) is 0 Å². The lowest BCUT2D eigenvalue weighted by Gasteiger charge is -2.38. The van der Waals surface area contributed by atoms with E-state index in [0.717, 1.165) is 23.7 Å². The smallest absolute Gasteiger partial charge is 0.0794 e. The van der Waals surface area contributed by atoms with Crippen molar-refractivity contribution in [2.75, 3.05) is 6.54 Å². The summed E-state index contributed by atoms with van der Waals surface area (Å²) in [5.74, 6) is 3.43. The molecule has 2 rings (SSSR count). The van der Waals surface area contributed by atoms with Crippen LogP contribution in [0.4, 0.5) is 0 Å². The maximum Gasteiger partial charge on any atom is 0.0794 e. The molecule has 0 amide bonds. The molecule has 1 aliphatic carbocycles. The Balaban J connectivity index is 1.97. The Morgan fingerprint density at radius 1 is 1.25 bits per heavy atom. The molecule has 0 radical (unpaired) electrons. The van der Waals surface area contributed by atoms with Gasteiger partial charge in [-0.15, -0.1) is 11.3 Å². The Bertz CT molecular complexity index is 372. The third kappa shape index (κ3) is 4.56. The molecule has 1 heterocycles. The summed E-state index contributed by atoms with van der Waals surface area (Å²) in [6.45, 7) is 10.5. The van der Waals surface area contributed by atoms with E-state index < -0.39 is 0 Å². The number of thiazole rings is 1. The average molecular weight is 295 g/mol. The Hall–Kier alpha value is -0.410. The first kappa shape index (κ1) is 16.0. The summed E-state index contributed by atoms with van der Waals surface area (Å²) in [6, 6.07) is 0.599. The minimum atomic E-state index is 0.599. The Morgan fingerprint density at radius 3 is 2.65 bits per heavy atom. The predicted molar refractivity (Wildman–Crippen MR) is 88.1 cm³/mol. The van der Waals surface area contributed by atoms with E-state index in [1.54, 1.807) is 0 Å². The quantitative estimate of drug-likeness (QED) is 0.842. The molecule has 114 valence electrons. The normalized spacial score (nSPS) is 27.4. The first-order valence-electron chi connectivity index (χ1n) is 8.17. The van der Waals surface area contributed by atoms with Crippen molar-refractivity contribution < 1.29 is 0 Å². The molecular formula is C17H30N2S. The van der Waals surface area contributed by atoms with E-state index in [1.807, 2.05) is 16.8 Å². The molecule has 3 heteroatoms. The first-order valence-corrected chi connectivity index (χ1v) is 9.05. The van der Waals surface area contributed by atoms with Gasteiger partial charge in [0.15, 0.2) is 0 Å². The van der Waals surface area contributed by atoms with Crippen LogP contribution >= 0.6 is 11.3 Å². The molecule has 0 saturated heterocycles. The molecule has 3 atom stereocenters. The fourth-order valence-corrected chi connectivity index (χ4v) is 4.16. The molecule has 0 aromatic carbocycles. The van der Waals surface area contributed by atoms with Crippen molar-refractivity contribution in [3.63, 3.8) is 0 Å². The van der Waals surface area contributed by atoms with Gasteiger partial charge in [-0.05, 0) is 55.9 Å². The van der Waals surface area contributed by atoms with E-state index >= 15 is 0 Å². The molecule has 1 aliphatic rings. The van der Waals surface area contributed by atoms with Gasteiger partial charge in [0.25, 0.3) is 0 Å². The summed E-state index contributed by atoms with van der Waals surface area (Å²) in [4.78, 5) is 5.71. The average Bonchev–Trinajstić information content (AvgIpc) is 2.89. The lowest BCUT2D eigenvalue weighted by atomic mass is 9.69. The zero-order chi connectivity index (χ0) is 14.5. The number of rotatable bonds is 6. The molecule has 1 fully saturated rings. The highest BCUT2D eigenvalue weighted by atomic mass is 32.1. The van der Waals surface area contributed by atoms with Crippen LogP contribution in [-0.2, 0) is 6.42 Å². The van der Waals surface area contributed by atoms with Crippen molar-refractivity contribution in [3.05, 3.63) is 16.6 Å². The summed E-state index contributed by atoms with van der Waals surface area (Å²) in [5.41, 5.74) is 1.97. The van der Waals surface area contributed by atoms with Crippen LogP contribution in [0.1, 0.15) is 51.8 Å². The summed E-state index contributed by atoms with van der Waals surface area (Å²) in [7, 11) is 0. The number of aromatic nitrogens is 1. The highest BCUT2D eigenvalue weighted by Gasteiger charge is 2.31. The maximum atomic E-state index is 4.24. The van der Waals surface area contributed by atoms with Crippen LogP contribution in [0, 0.1) is 23.7 Å². The van der Waals surface area contributed by atoms with Gasteiger partial charge in [-0.25, -0.2) is 0 Å². The van der Waals surface area contributed by atoms with Gasteiger partial charge in [0, 0.05) is 17.1 Å². The fraction of sp³-hybridized carbons (Fsp3) is 0.824. The largest absolute Gasteiger partial charge is 0.314 e. The van der Waals surface area contributed by atoms with E-state index in [9.17, 15) is 0 Å². The van der Waals surface area contributed by atoms with Crippen LogP contribution in [0.2, 0.25) is 0 Å². The van der Waals surface area contributed by atoms with E-state index in [-0.39, 0.29) is 0 Å². The molecule has 20 heavy (non-hydrogen) atoms. The zero-order valence-electron chi connectivity index (χ0n) is 13.4. The molecule has 0 aliphatic heterocycles. The summed E-state index contributed by atoms with van der Waals surface area (Å²) in [6.07, 6.45) is 7.52. The van der Waals surface area contributed by atoms with Crippen molar-refractivity contribution >= 4 is 11.3 Å². The van der Waals surface area contributed by atoms with E-state index in [1.165, 1.54) is 37.1 Å². The van der Waals surface area contributed by atoms with Crippen molar-refractivity contribution in [3.8, 4) is 0 Å². The van der Waals surface area contributed by atoms with Gasteiger partial charge in [0.05, 0.1) is 5.51 Å². The minimum absolute atomic E-state index is 0.599. The van der Waals surface area contributed by atoms with E-state index in [0.29, 0.717) is 6.04 Å². The Labute approximate surface area is 128 Å². The topological polar surface area (TPSA) is 24.9 Å². The molecule has 1 saturated carbocycles. The zero-order valence-corrected chi connectivity index (χ0v) is 14.2. The van der Waals surface area contributed by atoms with Gasteiger partial charge in [-0.1, -0.05) is 27.7 Å². The second-order valence-corrected chi connectivity index (χ2v) is 8.04. The summed E-state index contributed by atoms with van der Waals surface area (Å²) >= 11 is 1.82. The van der Waals surface area contributed by atoms with Gasteiger partial charge in [0.2, 0.25) is 0 Å². The molecule has 0 bridgehead atoms. The standard InChI is InChI=1S/C17H30N2S/c1-12(2)14-5-6-15(9-19-13(3)4)16(7-14)8-17-10-18-11-20-17/h10-16,19H,5-9H2,1-4H3. The third-order valence-electron chi connectivity index (χ3n) is 4.86. The van der Waals surface area contributed by atoms with E-state index in [4.69, 9.17) is 0 Å². The molecule has 1 aromatic heterocycles. The molecule has 1 N–H and O–H groups in total. The number of nitrogens with one attached hydrogen (secondary N) is 1. The van der Waals surface area contributed by atoms with Crippen LogP contribution in [-0.4, -0.2) is 17.6 Å². The minimum Gasteiger partial charge on any atom is -0.314 e. The van der Waals surface area contributed by atoms with Crippen LogP contribution in [0.15, 0.2) is 11.7 Å². The van der Waals surface area contributed by atoms with Gasteiger partial charge < -0.3 is 5.32 Å². The number of hydrogen-bond acceptors (Lipinski definition) is 3. The monoisotopic (exact) mass is 294 g/mol. The van der Waals surface area contributed by atoms with Gasteiger partial charge in [-0.3, -0.25) is 4.98 Å². The summed E-state index contributed by atoms with van der Waals surface area (Å²) in [5, 5.41) is 3.66. The molecule has 2 nitrogen and oxygen atoms in total. The van der Waals surface area contributed by atoms with E-state index in [2.05, 4.69) is 44.2 Å². The molecule has 0 spiro atoms. The highest BCUT2D eigenvalue weighted by Crippen LogP contribution is 2.39. The second kappa shape index (κ2) is 7.56.